The summed E-state index contributed by atoms with van der Waals surface area (Å²) < 4.78 is 10.6. The quantitative estimate of drug-likeness (QED) is 0.671. The van der Waals surface area contributed by atoms with E-state index in [4.69, 9.17) is 15.2 Å². The Bertz CT molecular complexity index is 472. The summed E-state index contributed by atoms with van der Waals surface area (Å²) in [4.78, 5) is 11.7. The molecule has 0 spiro atoms. The van der Waals surface area contributed by atoms with E-state index in [1.165, 1.54) is 0 Å². The van der Waals surface area contributed by atoms with E-state index in [9.17, 15) is 9.90 Å². The molecule has 116 valence electrons. The minimum atomic E-state index is -0.849. The van der Waals surface area contributed by atoms with Gasteiger partial charge in [0.15, 0.2) is 0 Å². The van der Waals surface area contributed by atoms with E-state index in [-0.39, 0.29) is 25.5 Å². The minimum Gasteiger partial charge on any atom is -0.491 e. The fourth-order valence-electron chi connectivity index (χ4n) is 2.15. The first-order valence-electron chi connectivity index (χ1n) is 7.13. The zero-order chi connectivity index (χ0) is 15.1. The second kappa shape index (κ2) is 7.28. The molecule has 1 aliphatic rings. The maximum Gasteiger partial charge on any atom is 0.223 e. The normalized spacial score (nSPS) is 17.2. The van der Waals surface area contributed by atoms with Crippen LogP contribution < -0.4 is 15.8 Å². The minimum absolute atomic E-state index is 0.149. The molecule has 1 saturated heterocycles. The van der Waals surface area contributed by atoms with Crippen molar-refractivity contribution in [3.8, 4) is 5.75 Å². The lowest BCUT2D eigenvalue weighted by molar-refractivity contribution is -0.124. The lowest BCUT2D eigenvalue weighted by atomic mass is 9.94. The first-order valence-corrected chi connectivity index (χ1v) is 7.13. The van der Waals surface area contributed by atoms with E-state index in [2.05, 4.69) is 5.32 Å². The number of rotatable bonds is 6. The molecule has 0 bridgehead atoms. The van der Waals surface area contributed by atoms with Crippen molar-refractivity contribution in [2.45, 2.75) is 24.9 Å². The molecular formula is C15H22N2O4. The van der Waals surface area contributed by atoms with Crippen molar-refractivity contribution in [2.75, 3.05) is 32.1 Å². The van der Waals surface area contributed by atoms with Crippen LogP contribution in [0.2, 0.25) is 0 Å². The molecule has 4 N–H and O–H groups in total. The number of nitrogens with two attached hydrogens (primary N) is 1. The molecule has 1 amide bonds. The van der Waals surface area contributed by atoms with E-state index < -0.39 is 5.60 Å². The number of hydrogen-bond donors (Lipinski definition) is 3. The van der Waals surface area contributed by atoms with Gasteiger partial charge in [-0.2, -0.15) is 0 Å². The number of benzene rings is 1. The molecule has 0 radical (unpaired) electrons. The smallest absolute Gasteiger partial charge is 0.223 e. The molecule has 1 fully saturated rings. The number of amides is 1. The zero-order valence-electron chi connectivity index (χ0n) is 12.0. The molecule has 1 aliphatic heterocycles. The Morgan fingerprint density at radius 2 is 2.10 bits per heavy atom. The Morgan fingerprint density at radius 1 is 1.38 bits per heavy atom. The van der Waals surface area contributed by atoms with Crippen LogP contribution in [0.5, 0.6) is 5.75 Å². The third kappa shape index (κ3) is 4.91. The first-order chi connectivity index (χ1) is 10.1. The highest BCUT2D eigenvalue weighted by molar-refractivity contribution is 5.76. The molecule has 0 saturated carbocycles. The van der Waals surface area contributed by atoms with Crippen LogP contribution in [-0.2, 0) is 9.53 Å². The summed E-state index contributed by atoms with van der Waals surface area (Å²) in [6.07, 6.45) is 1.32. The maximum atomic E-state index is 11.7. The predicted molar refractivity (Wildman–Crippen MR) is 79.0 cm³/mol. The number of hydrogen-bond acceptors (Lipinski definition) is 5. The highest BCUT2D eigenvalue weighted by Gasteiger charge is 2.29. The fraction of sp³-hybridized carbons (Fsp3) is 0.533. The van der Waals surface area contributed by atoms with Crippen LogP contribution in [0.15, 0.2) is 24.3 Å². The Balaban J connectivity index is 1.67. The topological polar surface area (TPSA) is 93.8 Å². The SMILES string of the molecule is Nc1ccccc1OCCC(=O)NCC1(O)CCOCC1. The van der Waals surface area contributed by atoms with Crippen molar-refractivity contribution in [2.24, 2.45) is 0 Å². The van der Waals surface area contributed by atoms with E-state index in [0.717, 1.165) is 0 Å². The van der Waals surface area contributed by atoms with Crippen molar-refractivity contribution in [1.82, 2.24) is 5.32 Å². The number of aliphatic hydroxyl groups is 1. The van der Waals surface area contributed by atoms with Crippen LogP contribution in [0.1, 0.15) is 19.3 Å². The van der Waals surface area contributed by atoms with Crippen LogP contribution in [0.25, 0.3) is 0 Å². The Labute approximate surface area is 124 Å². The van der Waals surface area contributed by atoms with Crippen LogP contribution in [0, 0.1) is 0 Å². The summed E-state index contributed by atoms with van der Waals surface area (Å²) in [7, 11) is 0. The monoisotopic (exact) mass is 294 g/mol. The van der Waals surface area contributed by atoms with E-state index >= 15 is 0 Å². The van der Waals surface area contributed by atoms with Crippen LogP contribution in [-0.4, -0.2) is 43.0 Å². The number of carbonyl (C=O) groups is 1. The van der Waals surface area contributed by atoms with Gasteiger partial charge in [-0.15, -0.1) is 0 Å². The molecule has 21 heavy (non-hydrogen) atoms. The Morgan fingerprint density at radius 3 is 2.81 bits per heavy atom. The van der Waals surface area contributed by atoms with Gasteiger partial charge in [0.1, 0.15) is 5.75 Å². The molecule has 0 unspecified atom stereocenters. The average Bonchev–Trinajstić information content (AvgIpc) is 2.48. The van der Waals surface area contributed by atoms with Crippen molar-refractivity contribution < 1.29 is 19.4 Å². The van der Waals surface area contributed by atoms with Gasteiger partial charge in [0.05, 0.1) is 24.3 Å². The molecular weight excluding hydrogens is 272 g/mol. The van der Waals surface area contributed by atoms with Gasteiger partial charge in [-0.25, -0.2) is 0 Å². The standard InChI is InChI=1S/C15H22N2O4/c16-12-3-1-2-4-13(12)21-8-5-14(18)17-11-15(19)6-9-20-10-7-15/h1-4,19H,5-11,16H2,(H,17,18). The van der Waals surface area contributed by atoms with Crippen LogP contribution >= 0.6 is 0 Å². The first kappa shape index (κ1) is 15.6. The molecule has 0 aromatic heterocycles. The van der Waals surface area contributed by atoms with Crippen molar-refractivity contribution >= 4 is 11.6 Å². The predicted octanol–water partition coefficient (Wildman–Crippen LogP) is 0.695. The number of carbonyl (C=O) groups excluding carboxylic acids is 1. The molecule has 1 heterocycles. The molecule has 1 aromatic rings. The van der Waals surface area contributed by atoms with Crippen molar-refractivity contribution in [1.29, 1.82) is 0 Å². The van der Waals surface area contributed by atoms with Gasteiger partial charge in [-0.05, 0) is 12.1 Å². The molecule has 0 aliphatic carbocycles. The van der Waals surface area contributed by atoms with E-state index in [1.54, 1.807) is 12.1 Å². The lowest BCUT2D eigenvalue weighted by Crippen LogP contribution is -2.46. The number of anilines is 1. The number of para-hydroxylation sites is 2. The maximum absolute atomic E-state index is 11.7. The molecule has 0 atom stereocenters. The third-order valence-electron chi connectivity index (χ3n) is 3.54. The molecule has 1 aromatic carbocycles. The molecule has 2 rings (SSSR count). The fourth-order valence-corrected chi connectivity index (χ4v) is 2.15. The highest BCUT2D eigenvalue weighted by Crippen LogP contribution is 2.20. The second-order valence-electron chi connectivity index (χ2n) is 5.25. The van der Waals surface area contributed by atoms with Gasteiger partial charge in [-0.1, -0.05) is 12.1 Å². The van der Waals surface area contributed by atoms with Gasteiger partial charge in [0.25, 0.3) is 0 Å². The number of nitrogen functional groups attached to an aromatic ring is 1. The van der Waals surface area contributed by atoms with Gasteiger partial charge in [0.2, 0.25) is 5.91 Å². The lowest BCUT2D eigenvalue weighted by Gasteiger charge is -2.32. The van der Waals surface area contributed by atoms with Gasteiger partial charge < -0.3 is 25.6 Å². The highest BCUT2D eigenvalue weighted by atomic mass is 16.5. The van der Waals surface area contributed by atoms with Crippen molar-refractivity contribution in [3.63, 3.8) is 0 Å². The third-order valence-corrected chi connectivity index (χ3v) is 3.54. The summed E-state index contributed by atoms with van der Waals surface area (Å²) in [6, 6.07) is 7.16. The number of ether oxygens (including phenoxy) is 2. The Kier molecular flexibility index (Phi) is 5.41. The van der Waals surface area contributed by atoms with Crippen molar-refractivity contribution in [3.05, 3.63) is 24.3 Å². The number of nitrogens with one attached hydrogen (secondary N) is 1. The van der Waals surface area contributed by atoms with Gasteiger partial charge in [-0.3, -0.25) is 4.79 Å². The zero-order valence-corrected chi connectivity index (χ0v) is 12.0. The average molecular weight is 294 g/mol. The van der Waals surface area contributed by atoms with E-state index in [0.29, 0.717) is 37.5 Å². The molecule has 6 nitrogen and oxygen atoms in total. The summed E-state index contributed by atoms with van der Waals surface area (Å²) in [5.74, 6) is 0.428. The van der Waals surface area contributed by atoms with E-state index in [1.807, 2.05) is 12.1 Å². The summed E-state index contributed by atoms with van der Waals surface area (Å²) in [5, 5.41) is 13.0. The van der Waals surface area contributed by atoms with Crippen LogP contribution in [0.4, 0.5) is 5.69 Å². The summed E-state index contributed by atoms with van der Waals surface area (Å²) in [6.45, 7) is 1.57. The Hall–Kier alpha value is -1.79. The van der Waals surface area contributed by atoms with Gasteiger partial charge >= 0.3 is 0 Å². The largest absolute Gasteiger partial charge is 0.491 e. The summed E-state index contributed by atoms with van der Waals surface area (Å²) in [5.41, 5.74) is 5.44. The van der Waals surface area contributed by atoms with Gasteiger partial charge in [0, 0.05) is 32.6 Å². The molecule has 6 heteroatoms. The second-order valence-corrected chi connectivity index (χ2v) is 5.25. The summed E-state index contributed by atoms with van der Waals surface area (Å²) >= 11 is 0. The van der Waals surface area contributed by atoms with Crippen LogP contribution in [0.3, 0.4) is 0 Å².